The Balaban J connectivity index is 2.82. The highest BCUT2D eigenvalue weighted by molar-refractivity contribution is 7.90. The van der Waals surface area contributed by atoms with Gasteiger partial charge in [0, 0.05) is 12.3 Å². The predicted molar refractivity (Wildman–Crippen MR) is 58.3 cm³/mol. The van der Waals surface area contributed by atoms with E-state index in [2.05, 4.69) is 0 Å². The summed E-state index contributed by atoms with van der Waals surface area (Å²) >= 11 is 0. The molecular weight excluding hydrogens is 214 g/mol. The van der Waals surface area contributed by atoms with Crippen molar-refractivity contribution < 1.29 is 13.5 Å². The van der Waals surface area contributed by atoms with Gasteiger partial charge in [0.05, 0.1) is 11.5 Å². The van der Waals surface area contributed by atoms with Crippen molar-refractivity contribution in [2.45, 2.75) is 17.4 Å². The van der Waals surface area contributed by atoms with E-state index in [1.807, 2.05) is 0 Å². The Morgan fingerprint density at radius 3 is 2.27 bits per heavy atom. The summed E-state index contributed by atoms with van der Waals surface area (Å²) in [6.45, 7) is -0.0756. The van der Waals surface area contributed by atoms with E-state index in [9.17, 15) is 8.42 Å². The van der Waals surface area contributed by atoms with Crippen molar-refractivity contribution in [1.29, 1.82) is 0 Å². The summed E-state index contributed by atoms with van der Waals surface area (Å²) in [7, 11) is -3.13. The zero-order valence-corrected chi connectivity index (χ0v) is 9.37. The monoisotopic (exact) mass is 229 g/mol. The molecule has 15 heavy (non-hydrogen) atoms. The third-order valence-electron chi connectivity index (χ3n) is 2.08. The minimum atomic E-state index is -3.13. The minimum Gasteiger partial charge on any atom is -0.395 e. The second-order valence-electron chi connectivity index (χ2n) is 3.56. The molecule has 1 aromatic carbocycles. The lowest BCUT2D eigenvalue weighted by Crippen LogP contribution is -2.26. The van der Waals surface area contributed by atoms with Crippen LogP contribution in [0.4, 0.5) is 0 Å². The lowest BCUT2D eigenvalue weighted by Gasteiger charge is -2.08. The largest absolute Gasteiger partial charge is 0.395 e. The highest BCUT2D eigenvalue weighted by atomic mass is 32.2. The van der Waals surface area contributed by atoms with E-state index in [4.69, 9.17) is 10.8 Å². The maximum absolute atomic E-state index is 11.2. The molecule has 0 amide bonds. The summed E-state index contributed by atoms with van der Waals surface area (Å²) in [5, 5.41) is 8.76. The summed E-state index contributed by atoms with van der Waals surface area (Å²) < 4.78 is 22.3. The van der Waals surface area contributed by atoms with E-state index < -0.39 is 9.84 Å². The fourth-order valence-electron chi connectivity index (χ4n) is 1.24. The van der Waals surface area contributed by atoms with Crippen LogP contribution in [-0.2, 0) is 16.3 Å². The van der Waals surface area contributed by atoms with E-state index in [0.29, 0.717) is 11.3 Å². The van der Waals surface area contributed by atoms with Crippen molar-refractivity contribution in [3.05, 3.63) is 29.8 Å². The van der Waals surface area contributed by atoms with Gasteiger partial charge in [0.15, 0.2) is 9.84 Å². The first kappa shape index (κ1) is 12.2. The van der Waals surface area contributed by atoms with Gasteiger partial charge in [-0.3, -0.25) is 0 Å². The van der Waals surface area contributed by atoms with Gasteiger partial charge in [-0.05, 0) is 24.1 Å². The maximum atomic E-state index is 11.2. The molecule has 1 unspecified atom stereocenters. The molecule has 3 N–H and O–H groups in total. The van der Waals surface area contributed by atoms with Crippen molar-refractivity contribution in [3.63, 3.8) is 0 Å². The molecular formula is C10H15NO3S. The number of nitrogens with two attached hydrogens (primary N) is 1. The van der Waals surface area contributed by atoms with Crippen LogP contribution < -0.4 is 5.73 Å². The van der Waals surface area contributed by atoms with Gasteiger partial charge in [0.25, 0.3) is 0 Å². The molecule has 0 aromatic heterocycles. The molecule has 0 aliphatic carbocycles. The standard InChI is InChI=1S/C10H15NO3S/c1-15(13,14)10-4-2-8(3-5-10)6-9(11)7-12/h2-5,9,12H,6-7,11H2,1H3. The van der Waals surface area contributed by atoms with E-state index >= 15 is 0 Å². The van der Waals surface area contributed by atoms with E-state index in [1.54, 1.807) is 24.3 Å². The summed E-state index contributed by atoms with van der Waals surface area (Å²) in [4.78, 5) is 0.295. The van der Waals surface area contributed by atoms with Crippen LogP contribution in [0.1, 0.15) is 5.56 Å². The zero-order valence-electron chi connectivity index (χ0n) is 8.55. The first-order valence-electron chi connectivity index (χ1n) is 4.59. The van der Waals surface area contributed by atoms with Crippen LogP contribution in [-0.4, -0.2) is 32.4 Å². The molecule has 0 fully saturated rings. The van der Waals surface area contributed by atoms with Crippen molar-refractivity contribution in [2.75, 3.05) is 12.9 Å². The molecule has 0 bridgehead atoms. The van der Waals surface area contributed by atoms with Crippen molar-refractivity contribution in [3.8, 4) is 0 Å². The smallest absolute Gasteiger partial charge is 0.175 e. The Morgan fingerprint density at radius 2 is 1.87 bits per heavy atom. The molecule has 0 aliphatic heterocycles. The topological polar surface area (TPSA) is 80.4 Å². The number of aliphatic hydroxyl groups excluding tert-OH is 1. The summed E-state index contributed by atoms with van der Waals surface area (Å²) in [6.07, 6.45) is 1.71. The van der Waals surface area contributed by atoms with Crippen LogP contribution in [0.3, 0.4) is 0 Å². The van der Waals surface area contributed by atoms with Gasteiger partial charge >= 0.3 is 0 Å². The molecule has 5 heteroatoms. The average molecular weight is 229 g/mol. The molecule has 1 aromatic rings. The molecule has 0 saturated heterocycles. The summed E-state index contributed by atoms with van der Waals surface area (Å²) in [5.74, 6) is 0. The van der Waals surface area contributed by atoms with E-state index in [1.165, 1.54) is 6.26 Å². The van der Waals surface area contributed by atoms with E-state index in [0.717, 1.165) is 5.56 Å². The normalized spacial score (nSPS) is 13.8. The Bertz CT molecular complexity index is 411. The van der Waals surface area contributed by atoms with Crippen LogP contribution >= 0.6 is 0 Å². The van der Waals surface area contributed by atoms with Crippen molar-refractivity contribution >= 4 is 9.84 Å². The summed E-state index contributed by atoms with van der Waals surface area (Å²) in [5.41, 5.74) is 6.48. The third-order valence-corrected chi connectivity index (χ3v) is 3.21. The molecule has 1 rings (SSSR count). The van der Waals surface area contributed by atoms with Crippen LogP contribution in [0.2, 0.25) is 0 Å². The Kier molecular flexibility index (Phi) is 3.84. The molecule has 0 heterocycles. The van der Waals surface area contributed by atoms with Gasteiger partial charge in [0.2, 0.25) is 0 Å². The SMILES string of the molecule is CS(=O)(=O)c1ccc(CC(N)CO)cc1. The Hall–Kier alpha value is -0.910. The van der Waals surface area contributed by atoms with Crippen LogP contribution in [0.15, 0.2) is 29.2 Å². The van der Waals surface area contributed by atoms with Gasteiger partial charge in [-0.2, -0.15) is 0 Å². The first-order valence-corrected chi connectivity index (χ1v) is 6.48. The van der Waals surface area contributed by atoms with Crippen LogP contribution in [0.25, 0.3) is 0 Å². The van der Waals surface area contributed by atoms with Crippen molar-refractivity contribution in [2.24, 2.45) is 5.73 Å². The number of benzene rings is 1. The molecule has 84 valence electrons. The van der Waals surface area contributed by atoms with Gasteiger partial charge in [-0.1, -0.05) is 12.1 Å². The van der Waals surface area contributed by atoms with Crippen molar-refractivity contribution in [1.82, 2.24) is 0 Å². The minimum absolute atomic E-state index is 0.0756. The number of sulfone groups is 1. The Labute approximate surface area is 89.7 Å². The second-order valence-corrected chi connectivity index (χ2v) is 5.58. The van der Waals surface area contributed by atoms with E-state index in [-0.39, 0.29) is 12.6 Å². The second kappa shape index (κ2) is 4.74. The number of hydrogen-bond acceptors (Lipinski definition) is 4. The number of rotatable bonds is 4. The third kappa shape index (κ3) is 3.62. The highest BCUT2D eigenvalue weighted by Crippen LogP contribution is 2.11. The van der Waals surface area contributed by atoms with Gasteiger partial charge in [-0.25, -0.2) is 8.42 Å². The van der Waals surface area contributed by atoms with Crippen LogP contribution in [0.5, 0.6) is 0 Å². The highest BCUT2D eigenvalue weighted by Gasteiger charge is 2.07. The number of aliphatic hydroxyl groups is 1. The zero-order chi connectivity index (χ0) is 11.5. The fraction of sp³-hybridized carbons (Fsp3) is 0.400. The molecule has 0 aliphatic rings. The lowest BCUT2D eigenvalue weighted by molar-refractivity contribution is 0.265. The molecule has 0 spiro atoms. The summed E-state index contributed by atoms with van der Waals surface area (Å²) in [6, 6.07) is 6.23. The molecule has 0 radical (unpaired) electrons. The lowest BCUT2D eigenvalue weighted by atomic mass is 10.1. The predicted octanol–water partition coefficient (Wildman–Crippen LogP) is -0.0478. The maximum Gasteiger partial charge on any atom is 0.175 e. The molecule has 4 nitrogen and oxygen atoms in total. The van der Waals surface area contributed by atoms with Crippen LogP contribution in [0, 0.1) is 0 Å². The fourth-order valence-corrected chi connectivity index (χ4v) is 1.87. The van der Waals surface area contributed by atoms with Gasteiger partial charge in [0.1, 0.15) is 0 Å². The Morgan fingerprint density at radius 1 is 1.33 bits per heavy atom. The molecule has 0 saturated carbocycles. The first-order chi connectivity index (χ1) is 6.93. The van der Waals surface area contributed by atoms with Gasteiger partial charge in [-0.15, -0.1) is 0 Å². The van der Waals surface area contributed by atoms with Gasteiger partial charge < -0.3 is 10.8 Å². The average Bonchev–Trinajstić information content (AvgIpc) is 2.17. The number of hydrogen-bond donors (Lipinski definition) is 2. The molecule has 1 atom stereocenters. The quantitative estimate of drug-likeness (QED) is 0.758.